The number of hydrogen-bond donors (Lipinski definition) is 3. The van der Waals surface area contributed by atoms with Gasteiger partial charge in [0.15, 0.2) is 0 Å². The van der Waals surface area contributed by atoms with Gasteiger partial charge in [0.1, 0.15) is 17.6 Å². The third-order valence-electron chi connectivity index (χ3n) is 8.28. The molecular weight excluding hydrogens is 538 g/mol. The van der Waals surface area contributed by atoms with Crippen LogP contribution in [-0.2, 0) is 30.5 Å². The summed E-state index contributed by atoms with van der Waals surface area (Å²) in [6.07, 6.45) is 0.00963. The van der Waals surface area contributed by atoms with Crippen molar-refractivity contribution in [1.29, 1.82) is 0 Å². The molecule has 1 saturated heterocycles. The van der Waals surface area contributed by atoms with Crippen LogP contribution in [0, 0.1) is 17.8 Å². The molecule has 2 aromatic rings. The number of carboxylic acid groups (broad SMARTS) is 1. The summed E-state index contributed by atoms with van der Waals surface area (Å²) in [5.41, 5.74) is -0.333. The van der Waals surface area contributed by atoms with Crippen molar-refractivity contribution in [3.05, 3.63) is 48.0 Å². The summed E-state index contributed by atoms with van der Waals surface area (Å²) < 4.78 is 11.5. The summed E-state index contributed by atoms with van der Waals surface area (Å²) in [7, 11) is 0. The van der Waals surface area contributed by atoms with E-state index < -0.39 is 47.6 Å². The van der Waals surface area contributed by atoms with Crippen molar-refractivity contribution in [1.82, 2.24) is 15.5 Å². The second-order valence-corrected chi connectivity index (χ2v) is 12.2. The van der Waals surface area contributed by atoms with Crippen LogP contribution in [0.4, 0.5) is 4.79 Å². The lowest BCUT2D eigenvalue weighted by atomic mass is 10.0. The van der Waals surface area contributed by atoms with Crippen LogP contribution in [0.2, 0.25) is 0 Å². The van der Waals surface area contributed by atoms with Crippen LogP contribution in [0.15, 0.2) is 42.5 Å². The Kier molecular flexibility index (Phi) is 9.76. The number of carbonyl (C=O) groups is 4. The first kappa shape index (κ1) is 31.3. The first-order valence-electron chi connectivity index (χ1n) is 14.8. The molecule has 4 rings (SSSR count). The fraction of sp³-hybridized carbons (Fsp3) is 0.562. The standard InChI is InChI=1S/C32H43N3O7/c1-6-23-15-32(23,30(38)39)34-28(36)26-14-24(41-18-22-12-9-11-21-10-7-8-13-25(21)22)16-35(26)29(37)27(20(4)5)33-31(40)42-17-19(2)3/h7-13,19-20,23-24,26-27H,6,14-18H2,1-5H3,(H,33,40)(H,34,36)(H,38,39). The highest BCUT2D eigenvalue weighted by molar-refractivity contribution is 5.96. The average Bonchev–Trinajstić information content (AvgIpc) is 3.51. The summed E-state index contributed by atoms with van der Waals surface area (Å²) in [6.45, 7) is 9.95. The van der Waals surface area contributed by atoms with Gasteiger partial charge in [-0.1, -0.05) is 83.5 Å². The van der Waals surface area contributed by atoms with Crippen LogP contribution in [-0.4, -0.2) is 70.8 Å². The van der Waals surface area contributed by atoms with Crippen molar-refractivity contribution < 1.29 is 33.8 Å². The molecule has 3 N–H and O–H groups in total. The van der Waals surface area contributed by atoms with Crippen molar-refractivity contribution >= 4 is 34.6 Å². The Balaban J connectivity index is 1.53. The molecule has 3 amide bonds. The molecule has 10 nitrogen and oxygen atoms in total. The molecule has 2 aromatic carbocycles. The zero-order valence-electron chi connectivity index (χ0n) is 25.1. The van der Waals surface area contributed by atoms with Crippen LogP contribution < -0.4 is 10.6 Å². The first-order chi connectivity index (χ1) is 20.0. The minimum absolute atomic E-state index is 0.130. The third-order valence-corrected chi connectivity index (χ3v) is 8.28. The third kappa shape index (κ3) is 6.86. The van der Waals surface area contributed by atoms with Crippen molar-refractivity contribution in [2.45, 2.75) is 84.2 Å². The Bertz CT molecular complexity index is 1310. The highest BCUT2D eigenvalue weighted by atomic mass is 16.5. The number of ether oxygens (including phenoxy) is 2. The number of carbonyl (C=O) groups excluding carboxylic acids is 3. The Labute approximate surface area is 247 Å². The van der Waals surface area contributed by atoms with E-state index in [1.807, 2.05) is 63.2 Å². The van der Waals surface area contributed by atoms with E-state index in [2.05, 4.69) is 10.6 Å². The molecule has 2 fully saturated rings. The van der Waals surface area contributed by atoms with Crippen molar-refractivity contribution in [3.8, 4) is 0 Å². The summed E-state index contributed by atoms with van der Waals surface area (Å²) in [5.74, 6) is -2.36. The number of nitrogens with one attached hydrogen (secondary N) is 2. The number of carboxylic acids is 1. The fourth-order valence-electron chi connectivity index (χ4n) is 5.73. The van der Waals surface area contributed by atoms with Gasteiger partial charge in [-0.25, -0.2) is 9.59 Å². The molecule has 5 atom stereocenters. The minimum atomic E-state index is -1.32. The molecule has 0 radical (unpaired) electrons. The van der Waals surface area contributed by atoms with E-state index in [-0.39, 0.29) is 43.9 Å². The maximum Gasteiger partial charge on any atom is 0.407 e. The first-order valence-corrected chi connectivity index (χ1v) is 14.8. The van der Waals surface area contributed by atoms with Crippen LogP contribution in [0.25, 0.3) is 10.8 Å². The molecule has 10 heteroatoms. The molecule has 1 aliphatic heterocycles. The Hall–Kier alpha value is -3.66. The van der Waals surface area contributed by atoms with E-state index in [4.69, 9.17) is 9.47 Å². The zero-order chi connectivity index (χ0) is 30.6. The van der Waals surface area contributed by atoms with Crippen LogP contribution >= 0.6 is 0 Å². The average molecular weight is 582 g/mol. The van der Waals surface area contributed by atoms with Crippen molar-refractivity contribution in [2.24, 2.45) is 17.8 Å². The molecule has 1 aliphatic carbocycles. The molecule has 1 heterocycles. The number of alkyl carbamates (subject to hydrolysis) is 1. The number of nitrogens with zero attached hydrogens (tertiary/aromatic N) is 1. The van der Waals surface area contributed by atoms with Gasteiger partial charge in [-0.15, -0.1) is 0 Å². The molecule has 0 spiro atoms. The number of aliphatic carboxylic acids is 1. The number of hydrogen-bond acceptors (Lipinski definition) is 6. The van der Waals surface area contributed by atoms with Gasteiger partial charge in [-0.05, 0) is 40.5 Å². The smallest absolute Gasteiger partial charge is 0.407 e. The molecule has 0 aromatic heterocycles. The number of fused-ring (bicyclic) bond motifs is 1. The highest BCUT2D eigenvalue weighted by Gasteiger charge is 2.61. The van der Waals surface area contributed by atoms with Gasteiger partial charge in [-0.3, -0.25) is 9.59 Å². The maximum atomic E-state index is 13.9. The summed E-state index contributed by atoms with van der Waals surface area (Å²) >= 11 is 0. The topological polar surface area (TPSA) is 134 Å². The summed E-state index contributed by atoms with van der Waals surface area (Å²) in [4.78, 5) is 53.6. The van der Waals surface area contributed by atoms with E-state index in [1.54, 1.807) is 13.8 Å². The molecule has 5 unspecified atom stereocenters. The number of likely N-dealkylation sites (tertiary alicyclic amines) is 1. The lowest BCUT2D eigenvalue weighted by Gasteiger charge is -2.31. The van der Waals surface area contributed by atoms with Crippen LogP contribution in [0.5, 0.6) is 0 Å². The number of rotatable bonds is 12. The Morgan fingerprint density at radius 2 is 1.79 bits per heavy atom. The lowest BCUT2D eigenvalue weighted by molar-refractivity contribution is -0.146. The number of amides is 3. The molecule has 1 saturated carbocycles. The molecule has 0 bridgehead atoms. The molecule has 42 heavy (non-hydrogen) atoms. The van der Waals surface area contributed by atoms with E-state index in [0.717, 1.165) is 16.3 Å². The summed E-state index contributed by atoms with van der Waals surface area (Å²) in [5, 5.41) is 17.5. The van der Waals surface area contributed by atoms with E-state index in [1.165, 1.54) is 4.90 Å². The monoisotopic (exact) mass is 581 g/mol. The summed E-state index contributed by atoms with van der Waals surface area (Å²) in [6, 6.07) is 12.1. The second kappa shape index (κ2) is 13.1. The predicted octanol–water partition coefficient (Wildman–Crippen LogP) is 4.10. The quantitative estimate of drug-likeness (QED) is 0.344. The molecule has 228 valence electrons. The van der Waals surface area contributed by atoms with Gasteiger partial charge in [0.25, 0.3) is 0 Å². The van der Waals surface area contributed by atoms with Gasteiger partial charge in [0, 0.05) is 13.0 Å². The zero-order valence-corrected chi connectivity index (χ0v) is 25.1. The molecule has 2 aliphatic rings. The SMILES string of the molecule is CCC1CC1(NC(=O)C1CC(OCc2cccc3ccccc23)CN1C(=O)C(NC(=O)OCC(C)C)C(C)C)C(=O)O. The fourth-order valence-corrected chi connectivity index (χ4v) is 5.73. The predicted molar refractivity (Wildman–Crippen MR) is 157 cm³/mol. The maximum absolute atomic E-state index is 13.9. The second-order valence-electron chi connectivity index (χ2n) is 12.2. The van der Waals surface area contributed by atoms with Crippen LogP contribution in [0.1, 0.15) is 59.4 Å². The normalized spacial score (nSPS) is 24.1. The number of benzene rings is 2. The van der Waals surface area contributed by atoms with E-state index >= 15 is 0 Å². The van der Waals surface area contributed by atoms with Crippen molar-refractivity contribution in [3.63, 3.8) is 0 Å². The van der Waals surface area contributed by atoms with Gasteiger partial charge in [0.2, 0.25) is 11.8 Å². The van der Waals surface area contributed by atoms with Gasteiger partial charge >= 0.3 is 12.1 Å². The molecular formula is C32H43N3O7. The minimum Gasteiger partial charge on any atom is -0.479 e. The highest BCUT2D eigenvalue weighted by Crippen LogP contribution is 2.46. The van der Waals surface area contributed by atoms with E-state index in [0.29, 0.717) is 12.8 Å². The van der Waals surface area contributed by atoms with Crippen LogP contribution in [0.3, 0.4) is 0 Å². The van der Waals surface area contributed by atoms with Gasteiger partial charge in [-0.2, -0.15) is 0 Å². The van der Waals surface area contributed by atoms with Crippen molar-refractivity contribution in [2.75, 3.05) is 13.2 Å². The van der Waals surface area contributed by atoms with Gasteiger partial charge < -0.3 is 30.1 Å². The van der Waals surface area contributed by atoms with E-state index in [9.17, 15) is 24.3 Å². The Morgan fingerprint density at radius 1 is 1.07 bits per heavy atom. The van der Waals surface area contributed by atoms with Gasteiger partial charge in [0.05, 0.1) is 19.3 Å². The largest absolute Gasteiger partial charge is 0.479 e. The lowest BCUT2D eigenvalue weighted by Crippen LogP contribution is -2.57. The Morgan fingerprint density at radius 3 is 2.43 bits per heavy atom.